The molecule has 4 rings (SSSR count). The molecule has 1 aliphatic rings. The number of halogens is 2. The highest BCUT2D eigenvalue weighted by molar-refractivity contribution is 7.90. The van der Waals surface area contributed by atoms with Gasteiger partial charge in [-0.3, -0.25) is 9.79 Å². The molecule has 3 aromatic rings. The Morgan fingerprint density at radius 2 is 1.84 bits per heavy atom. The molecule has 0 aliphatic carbocycles. The minimum Gasteiger partial charge on any atom is -0.318 e. The maximum Gasteiger partial charge on any atom is 0.250 e. The molecule has 32 heavy (non-hydrogen) atoms. The van der Waals surface area contributed by atoms with E-state index in [9.17, 15) is 17.6 Å². The Balaban J connectivity index is 1.99. The number of aliphatic imine (C=N–C) groups is 1. The summed E-state index contributed by atoms with van der Waals surface area (Å²) in [5, 5.41) is 0.233. The summed E-state index contributed by atoms with van der Waals surface area (Å²) in [5.74, 6) is -0.438. The van der Waals surface area contributed by atoms with Gasteiger partial charge in [-0.15, -0.1) is 0 Å². The van der Waals surface area contributed by atoms with Crippen molar-refractivity contribution in [1.82, 2.24) is 4.57 Å². The highest BCUT2D eigenvalue weighted by Crippen LogP contribution is 2.35. The highest BCUT2D eigenvalue weighted by Gasteiger charge is 2.23. The van der Waals surface area contributed by atoms with Gasteiger partial charge in [-0.25, -0.2) is 12.8 Å². The Hall–Kier alpha value is -2.77. The molecule has 0 unspecified atom stereocenters. The van der Waals surface area contributed by atoms with Gasteiger partial charge < -0.3 is 4.57 Å². The van der Waals surface area contributed by atoms with Crippen molar-refractivity contribution in [3.8, 4) is 11.1 Å². The molecule has 2 heterocycles. The van der Waals surface area contributed by atoms with Crippen LogP contribution in [0.2, 0.25) is 5.02 Å². The molecule has 0 saturated heterocycles. The number of hydrogen-bond acceptors (Lipinski definition) is 4. The minimum absolute atomic E-state index is 0.0480. The lowest BCUT2D eigenvalue weighted by molar-refractivity contribution is 0.596. The molecule has 0 fully saturated rings. The van der Waals surface area contributed by atoms with E-state index >= 15 is 0 Å². The minimum atomic E-state index is -3.23. The quantitative estimate of drug-likeness (QED) is 0.563. The number of hydrogen-bond donors (Lipinski definition) is 0. The van der Waals surface area contributed by atoms with Gasteiger partial charge in [0.2, 0.25) is 0 Å². The van der Waals surface area contributed by atoms with E-state index in [1.54, 1.807) is 45.3 Å². The first kappa shape index (κ1) is 22.4. The average molecular weight is 473 g/mol. The Morgan fingerprint density at radius 1 is 1.09 bits per heavy atom. The Labute approximate surface area is 191 Å². The van der Waals surface area contributed by atoms with Crippen LogP contribution in [-0.4, -0.2) is 24.4 Å². The van der Waals surface area contributed by atoms with Gasteiger partial charge in [0.05, 0.1) is 23.0 Å². The molecular weight excluding hydrogens is 451 g/mol. The molecule has 5 nitrogen and oxygen atoms in total. The molecule has 2 aromatic carbocycles. The standard InChI is InChI=1S/C24H22ClFN2O3S/c1-4-32(30,31)13-15-5-6-17-18(8-15)20-12-28(3)23(29)9-16(20)11-27-24(17)19-7-14(2)22(26)10-21(19)25/h5-10,12H,4,11,13H2,1-3H3. The predicted octanol–water partition coefficient (Wildman–Crippen LogP) is 4.44. The molecule has 0 spiro atoms. The van der Waals surface area contributed by atoms with Gasteiger partial charge in [-0.2, -0.15) is 0 Å². The van der Waals surface area contributed by atoms with Crippen LogP contribution in [0.5, 0.6) is 0 Å². The van der Waals surface area contributed by atoms with Crippen molar-refractivity contribution in [3.63, 3.8) is 0 Å². The molecule has 166 valence electrons. The normalized spacial score (nSPS) is 13.2. The highest BCUT2D eigenvalue weighted by atomic mass is 35.5. The number of pyridine rings is 1. The van der Waals surface area contributed by atoms with Crippen LogP contribution in [0.15, 0.2) is 52.4 Å². The number of aromatic nitrogens is 1. The van der Waals surface area contributed by atoms with Crippen molar-refractivity contribution in [2.75, 3.05) is 5.75 Å². The molecule has 0 radical (unpaired) electrons. The van der Waals surface area contributed by atoms with Crippen LogP contribution in [0.3, 0.4) is 0 Å². The number of nitrogens with zero attached hydrogens (tertiary/aromatic N) is 2. The summed E-state index contributed by atoms with van der Waals surface area (Å²) in [5.41, 5.74) is 5.11. The van der Waals surface area contributed by atoms with Gasteiger partial charge in [0, 0.05) is 41.8 Å². The summed E-state index contributed by atoms with van der Waals surface area (Å²) in [6, 6.07) is 9.88. The Bertz CT molecular complexity index is 1440. The fourth-order valence-corrected chi connectivity index (χ4v) is 4.96. The number of rotatable bonds is 4. The van der Waals surface area contributed by atoms with E-state index in [4.69, 9.17) is 16.6 Å². The van der Waals surface area contributed by atoms with Crippen LogP contribution in [0, 0.1) is 12.7 Å². The van der Waals surface area contributed by atoms with Gasteiger partial charge in [-0.1, -0.05) is 30.7 Å². The van der Waals surface area contributed by atoms with E-state index in [2.05, 4.69) is 0 Å². The fraction of sp³-hybridized carbons (Fsp3) is 0.250. The molecule has 8 heteroatoms. The first-order valence-corrected chi connectivity index (χ1v) is 12.3. The molecule has 1 aromatic heterocycles. The lowest BCUT2D eigenvalue weighted by atomic mass is 9.91. The summed E-state index contributed by atoms with van der Waals surface area (Å²) >= 11 is 6.40. The zero-order valence-corrected chi connectivity index (χ0v) is 19.5. The smallest absolute Gasteiger partial charge is 0.250 e. The number of sulfone groups is 1. The fourth-order valence-electron chi connectivity index (χ4n) is 3.83. The van der Waals surface area contributed by atoms with Crippen LogP contribution in [0.1, 0.15) is 34.7 Å². The van der Waals surface area contributed by atoms with Crippen molar-refractivity contribution in [3.05, 3.63) is 91.6 Å². The van der Waals surface area contributed by atoms with Gasteiger partial charge >= 0.3 is 0 Å². The molecule has 1 aliphatic heterocycles. The number of benzene rings is 2. The summed E-state index contributed by atoms with van der Waals surface area (Å²) in [4.78, 5) is 17.0. The van der Waals surface area contributed by atoms with Gasteiger partial charge in [-0.05, 0) is 47.4 Å². The Kier molecular flexibility index (Phi) is 5.81. The van der Waals surface area contributed by atoms with Crippen molar-refractivity contribution < 1.29 is 12.8 Å². The van der Waals surface area contributed by atoms with Crippen LogP contribution in [-0.2, 0) is 29.2 Å². The SMILES string of the molecule is CCS(=O)(=O)Cc1ccc2c(c1)-c1cn(C)c(=O)cc1CN=C2c1cc(C)c(F)cc1Cl. The van der Waals surface area contributed by atoms with Crippen molar-refractivity contribution in [2.24, 2.45) is 12.0 Å². The zero-order chi connectivity index (χ0) is 23.2. The van der Waals surface area contributed by atoms with Crippen LogP contribution in [0.25, 0.3) is 11.1 Å². The van der Waals surface area contributed by atoms with Crippen LogP contribution in [0.4, 0.5) is 4.39 Å². The number of aryl methyl sites for hydroxylation is 2. The van der Waals surface area contributed by atoms with Gasteiger partial charge in [0.25, 0.3) is 5.56 Å². The van der Waals surface area contributed by atoms with Gasteiger partial charge in [0.15, 0.2) is 9.84 Å². The maximum atomic E-state index is 14.0. The second-order valence-corrected chi connectivity index (χ2v) is 10.7. The summed E-state index contributed by atoms with van der Waals surface area (Å²) < 4.78 is 40.0. The molecule has 0 saturated carbocycles. The van der Waals surface area contributed by atoms with E-state index < -0.39 is 15.7 Å². The van der Waals surface area contributed by atoms with Crippen molar-refractivity contribution in [1.29, 1.82) is 0 Å². The third kappa shape index (κ3) is 4.14. The Morgan fingerprint density at radius 3 is 2.56 bits per heavy atom. The summed E-state index contributed by atoms with van der Waals surface area (Å²) in [7, 11) is -1.56. The lowest BCUT2D eigenvalue weighted by Gasteiger charge is -2.15. The van der Waals surface area contributed by atoms with Crippen LogP contribution < -0.4 is 5.56 Å². The first-order chi connectivity index (χ1) is 15.1. The molecule has 0 atom stereocenters. The number of fused-ring (bicyclic) bond motifs is 3. The lowest BCUT2D eigenvalue weighted by Crippen LogP contribution is -2.16. The van der Waals surface area contributed by atoms with Crippen LogP contribution >= 0.6 is 11.6 Å². The van der Waals surface area contributed by atoms with E-state index in [0.29, 0.717) is 22.4 Å². The summed E-state index contributed by atoms with van der Waals surface area (Å²) in [6.45, 7) is 3.52. The maximum absolute atomic E-state index is 14.0. The zero-order valence-electron chi connectivity index (χ0n) is 17.9. The second-order valence-electron chi connectivity index (χ2n) is 7.96. The molecule has 0 bridgehead atoms. The summed E-state index contributed by atoms with van der Waals surface area (Å²) in [6.07, 6.45) is 1.74. The largest absolute Gasteiger partial charge is 0.318 e. The third-order valence-corrected chi connectivity index (χ3v) is 7.65. The monoisotopic (exact) mass is 472 g/mol. The average Bonchev–Trinajstić information content (AvgIpc) is 2.88. The predicted molar refractivity (Wildman–Crippen MR) is 126 cm³/mol. The van der Waals surface area contributed by atoms with Gasteiger partial charge in [0.1, 0.15) is 5.82 Å². The van der Waals surface area contributed by atoms with E-state index in [1.807, 2.05) is 12.1 Å². The van der Waals surface area contributed by atoms with Crippen molar-refractivity contribution >= 4 is 27.1 Å². The third-order valence-electron chi connectivity index (χ3n) is 5.68. The topological polar surface area (TPSA) is 68.5 Å². The molecule has 0 amide bonds. The first-order valence-electron chi connectivity index (χ1n) is 10.1. The second kappa shape index (κ2) is 8.30. The van der Waals surface area contributed by atoms with E-state index in [0.717, 1.165) is 22.3 Å². The molecule has 0 N–H and O–H groups in total. The van der Waals surface area contributed by atoms with E-state index in [1.165, 1.54) is 10.6 Å². The van der Waals surface area contributed by atoms with Crippen molar-refractivity contribution in [2.45, 2.75) is 26.1 Å². The van der Waals surface area contributed by atoms with E-state index in [-0.39, 0.29) is 28.6 Å². The molecular formula is C24H22ClFN2O3S.